The van der Waals surface area contributed by atoms with E-state index in [9.17, 15) is 10.1 Å². The molecular weight excluding hydrogens is 208 g/mol. The Bertz CT molecular complexity index is 355. The van der Waals surface area contributed by atoms with Crippen molar-refractivity contribution in [3.8, 4) is 0 Å². The second-order valence-electron chi connectivity index (χ2n) is 3.52. The van der Waals surface area contributed by atoms with Crippen molar-refractivity contribution in [3.05, 3.63) is 39.9 Å². The number of benzene rings is 1. The summed E-state index contributed by atoms with van der Waals surface area (Å²) >= 11 is 0. The summed E-state index contributed by atoms with van der Waals surface area (Å²) in [7, 11) is 0. The predicted molar refractivity (Wildman–Crippen MR) is 61.1 cm³/mol. The molecule has 0 radical (unpaired) electrons. The Balaban J connectivity index is 2.72. The Morgan fingerprint density at radius 3 is 2.81 bits per heavy atom. The highest BCUT2D eigenvalue weighted by molar-refractivity contribution is 5.34. The van der Waals surface area contributed by atoms with Gasteiger partial charge in [-0.15, -0.1) is 0 Å². The molecule has 1 aromatic rings. The Labute approximate surface area is 94.5 Å². The number of aliphatic hydroxyl groups excluding tert-OH is 1. The van der Waals surface area contributed by atoms with Gasteiger partial charge in [-0.1, -0.05) is 19.1 Å². The van der Waals surface area contributed by atoms with Crippen LogP contribution in [0.15, 0.2) is 24.3 Å². The maximum absolute atomic E-state index is 10.6. The van der Waals surface area contributed by atoms with Crippen LogP contribution < -0.4 is 0 Å². The minimum Gasteiger partial charge on any atom is -0.395 e. The molecule has 1 rings (SSSR count). The van der Waals surface area contributed by atoms with Crippen molar-refractivity contribution in [1.82, 2.24) is 4.90 Å². The molecule has 0 aromatic heterocycles. The Morgan fingerprint density at radius 2 is 2.25 bits per heavy atom. The fraction of sp³-hybridized carbons (Fsp3) is 0.455. The maximum Gasteiger partial charge on any atom is 0.269 e. The van der Waals surface area contributed by atoms with E-state index in [1.54, 1.807) is 12.1 Å². The van der Waals surface area contributed by atoms with Crippen molar-refractivity contribution in [2.75, 3.05) is 19.7 Å². The first-order valence-corrected chi connectivity index (χ1v) is 5.24. The molecule has 5 heteroatoms. The highest BCUT2D eigenvalue weighted by atomic mass is 16.6. The van der Waals surface area contributed by atoms with E-state index in [-0.39, 0.29) is 12.3 Å². The number of rotatable bonds is 6. The lowest BCUT2D eigenvalue weighted by molar-refractivity contribution is -0.384. The summed E-state index contributed by atoms with van der Waals surface area (Å²) in [6.45, 7) is 4.11. The standard InChI is InChI=1S/C11H16N2O3/c1-2-12(6-7-14)9-10-4-3-5-11(8-10)13(15)16/h3-5,8,14H,2,6-7,9H2,1H3. The zero-order valence-corrected chi connectivity index (χ0v) is 9.30. The predicted octanol–water partition coefficient (Wildman–Crippen LogP) is 1.41. The molecule has 88 valence electrons. The first kappa shape index (κ1) is 12.6. The van der Waals surface area contributed by atoms with Crippen molar-refractivity contribution in [3.63, 3.8) is 0 Å². The third-order valence-corrected chi connectivity index (χ3v) is 2.39. The van der Waals surface area contributed by atoms with Crippen LogP contribution in [0.2, 0.25) is 0 Å². The maximum atomic E-state index is 10.6. The number of hydrogen-bond acceptors (Lipinski definition) is 4. The van der Waals surface area contributed by atoms with Crippen molar-refractivity contribution in [2.45, 2.75) is 13.5 Å². The van der Waals surface area contributed by atoms with E-state index in [2.05, 4.69) is 0 Å². The topological polar surface area (TPSA) is 66.6 Å². The minimum atomic E-state index is -0.397. The zero-order valence-electron chi connectivity index (χ0n) is 9.30. The molecule has 0 aliphatic carbocycles. The molecule has 16 heavy (non-hydrogen) atoms. The molecule has 0 atom stereocenters. The van der Waals surface area contributed by atoms with Gasteiger partial charge < -0.3 is 5.11 Å². The fourth-order valence-corrected chi connectivity index (χ4v) is 1.52. The third kappa shape index (κ3) is 3.60. The molecule has 5 nitrogen and oxygen atoms in total. The number of non-ortho nitro benzene ring substituents is 1. The highest BCUT2D eigenvalue weighted by Gasteiger charge is 2.08. The van der Waals surface area contributed by atoms with Gasteiger partial charge in [-0.25, -0.2) is 0 Å². The van der Waals surface area contributed by atoms with E-state index in [1.807, 2.05) is 17.9 Å². The zero-order chi connectivity index (χ0) is 12.0. The molecule has 0 saturated carbocycles. The quantitative estimate of drug-likeness (QED) is 0.586. The Kier molecular flexibility index (Phi) is 4.88. The normalized spacial score (nSPS) is 10.7. The van der Waals surface area contributed by atoms with Crippen molar-refractivity contribution >= 4 is 5.69 Å². The van der Waals surface area contributed by atoms with Gasteiger partial charge in [0.15, 0.2) is 0 Å². The lowest BCUT2D eigenvalue weighted by atomic mass is 10.2. The average Bonchev–Trinajstić information content (AvgIpc) is 2.29. The van der Waals surface area contributed by atoms with Gasteiger partial charge in [0.25, 0.3) is 5.69 Å². The van der Waals surface area contributed by atoms with Crippen LogP contribution in [-0.2, 0) is 6.54 Å². The second kappa shape index (κ2) is 6.19. The van der Waals surface area contributed by atoms with Crippen LogP contribution in [0.3, 0.4) is 0 Å². The van der Waals surface area contributed by atoms with Crippen LogP contribution >= 0.6 is 0 Å². The van der Waals surface area contributed by atoms with Gasteiger partial charge in [-0.3, -0.25) is 15.0 Å². The summed E-state index contributed by atoms with van der Waals surface area (Å²) in [6.07, 6.45) is 0. The van der Waals surface area contributed by atoms with Gasteiger partial charge in [0.05, 0.1) is 11.5 Å². The van der Waals surface area contributed by atoms with E-state index in [0.717, 1.165) is 12.1 Å². The van der Waals surface area contributed by atoms with Gasteiger partial charge in [0.2, 0.25) is 0 Å². The molecule has 0 fully saturated rings. The number of nitrogens with zero attached hydrogens (tertiary/aromatic N) is 2. The molecule has 0 aliphatic heterocycles. The van der Waals surface area contributed by atoms with Crippen LogP contribution in [-0.4, -0.2) is 34.6 Å². The minimum absolute atomic E-state index is 0.1000. The summed E-state index contributed by atoms with van der Waals surface area (Å²) in [5, 5.41) is 19.4. The number of hydrogen-bond donors (Lipinski definition) is 1. The van der Waals surface area contributed by atoms with E-state index >= 15 is 0 Å². The van der Waals surface area contributed by atoms with Gasteiger partial charge in [0.1, 0.15) is 0 Å². The van der Waals surface area contributed by atoms with Crippen LogP contribution in [0.1, 0.15) is 12.5 Å². The second-order valence-corrected chi connectivity index (χ2v) is 3.52. The number of nitro groups is 1. The summed E-state index contributed by atoms with van der Waals surface area (Å²) in [4.78, 5) is 12.2. The molecule has 0 unspecified atom stereocenters. The van der Waals surface area contributed by atoms with E-state index in [4.69, 9.17) is 5.11 Å². The van der Waals surface area contributed by atoms with Crippen LogP contribution in [0.4, 0.5) is 5.69 Å². The Hall–Kier alpha value is -1.46. The SMILES string of the molecule is CCN(CCO)Cc1cccc([N+](=O)[O-])c1. The molecule has 0 heterocycles. The summed E-state index contributed by atoms with van der Waals surface area (Å²) < 4.78 is 0. The van der Waals surface area contributed by atoms with E-state index in [1.165, 1.54) is 6.07 Å². The molecule has 0 saturated heterocycles. The largest absolute Gasteiger partial charge is 0.395 e. The molecule has 1 aromatic carbocycles. The van der Waals surface area contributed by atoms with Gasteiger partial charge in [-0.05, 0) is 12.1 Å². The lowest BCUT2D eigenvalue weighted by Gasteiger charge is -2.18. The van der Waals surface area contributed by atoms with E-state index in [0.29, 0.717) is 13.1 Å². The van der Waals surface area contributed by atoms with E-state index < -0.39 is 4.92 Å². The summed E-state index contributed by atoms with van der Waals surface area (Å²) in [6, 6.07) is 6.58. The molecule has 1 N–H and O–H groups in total. The molecule has 0 amide bonds. The average molecular weight is 224 g/mol. The van der Waals surface area contributed by atoms with Gasteiger partial charge >= 0.3 is 0 Å². The lowest BCUT2D eigenvalue weighted by Crippen LogP contribution is -2.26. The highest BCUT2D eigenvalue weighted by Crippen LogP contribution is 2.14. The molecule has 0 bridgehead atoms. The monoisotopic (exact) mass is 224 g/mol. The fourth-order valence-electron chi connectivity index (χ4n) is 1.52. The number of aliphatic hydroxyl groups is 1. The number of likely N-dealkylation sites (N-methyl/N-ethyl adjacent to an activating group) is 1. The first-order chi connectivity index (χ1) is 7.67. The molecular formula is C11H16N2O3. The Morgan fingerprint density at radius 1 is 1.50 bits per heavy atom. The smallest absolute Gasteiger partial charge is 0.269 e. The van der Waals surface area contributed by atoms with Crippen LogP contribution in [0, 0.1) is 10.1 Å². The van der Waals surface area contributed by atoms with Crippen LogP contribution in [0.25, 0.3) is 0 Å². The van der Waals surface area contributed by atoms with Crippen molar-refractivity contribution in [2.24, 2.45) is 0 Å². The van der Waals surface area contributed by atoms with Crippen molar-refractivity contribution in [1.29, 1.82) is 0 Å². The third-order valence-electron chi connectivity index (χ3n) is 2.39. The van der Waals surface area contributed by atoms with Gasteiger partial charge in [0, 0.05) is 25.2 Å². The summed E-state index contributed by atoms with van der Waals surface area (Å²) in [5.74, 6) is 0. The first-order valence-electron chi connectivity index (χ1n) is 5.24. The molecule has 0 spiro atoms. The summed E-state index contributed by atoms with van der Waals surface area (Å²) in [5.41, 5.74) is 1.00. The number of nitro benzene ring substituents is 1. The van der Waals surface area contributed by atoms with Gasteiger partial charge in [-0.2, -0.15) is 0 Å². The molecule has 0 aliphatic rings. The van der Waals surface area contributed by atoms with Crippen molar-refractivity contribution < 1.29 is 10.0 Å². The van der Waals surface area contributed by atoms with Crippen LogP contribution in [0.5, 0.6) is 0 Å².